The molecule has 0 N–H and O–H groups in total. The lowest BCUT2D eigenvalue weighted by Gasteiger charge is -2.30. The summed E-state index contributed by atoms with van der Waals surface area (Å²) in [5.41, 5.74) is 0. The SMILES string of the molecule is N#CC1CCN(c2nc(Cl)ccc2Br)CC1. The van der Waals surface area contributed by atoms with Crippen molar-refractivity contribution in [2.24, 2.45) is 5.92 Å². The van der Waals surface area contributed by atoms with Crippen molar-refractivity contribution in [3.8, 4) is 6.07 Å². The van der Waals surface area contributed by atoms with Crippen LogP contribution in [0.2, 0.25) is 5.15 Å². The fourth-order valence-electron chi connectivity index (χ4n) is 1.85. The monoisotopic (exact) mass is 299 g/mol. The molecule has 0 spiro atoms. The van der Waals surface area contributed by atoms with Gasteiger partial charge >= 0.3 is 0 Å². The highest BCUT2D eigenvalue weighted by Gasteiger charge is 2.21. The highest BCUT2D eigenvalue weighted by atomic mass is 79.9. The molecule has 2 heterocycles. The lowest BCUT2D eigenvalue weighted by Crippen LogP contribution is -2.34. The first kappa shape index (κ1) is 11.7. The predicted octanol–water partition coefficient (Wildman–Crippen LogP) is 3.24. The minimum Gasteiger partial charge on any atom is -0.356 e. The second-order valence-corrected chi connectivity index (χ2v) is 5.07. The Hall–Kier alpha value is -0.790. The Morgan fingerprint density at radius 2 is 2.12 bits per heavy atom. The number of aromatic nitrogens is 1. The van der Waals surface area contributed by atoms with Crippen LogP contribution in [-0.4, -0.2) is 18.1 Å². The van der Waals surface area contributed by atoms with Gasteiger partial charge in [0.1, 0.15) is 11.0 Å². The Kier molecular flexibility index (Phi) is 3.67. The van der Waals surface area contributed by atoms with Gasteiger partial charge in [-0.3, -0.25) is 0 Å². The molecule has 16 heavy (non-hydrogen) atoms. The quantitative estimate of drug-likeness (QED) is 0.748. The van der Waals surface area contributed by atoms with Crippen LogP contribution < -0.4 is 4.90 Å². The third-order valence-electron chi connectivity index (χ3n) is 2.77. The van der Waals surface area contributed by atoms with E-state index in [2.05, 4.69) is 31.9 Å². The number of pyridine rings is 1. The van der Waals surface area contributed by atoms with Crippen LogP contribution in [0.1, 0.15) is 12.8 Å². The number of nitriles is 1. The van der Waals surface area contributed by atoms with E-state index in [1.165, 1.54) is 0 Å². The molecule has 3 nitrogen and oxygen atoms in total. The Labute approximate surface area is 108 Å². The zero-order valence-corrected chi connectivity index (χ0v) is 11.0. The van der Waals surface area contributed by atoms with Gasteiger partial charge in [-0.25, -0.2) is 4.98 Å². The molecule has 1 saturated heterocycles. The van der Waals surface area contributed by atoms with Gasteiger partial charge in [-0.1, -0.05) is 11.6 Å². The summed E-state index contributed by atoms with van der Waals surface area (Å²) in [5, 5.41) is 9.33. The first-order chi connectivity index (χ1) is 7.70. The minimum atomic E-state index is 0.189. The third-order valence-corrected chi connectivity index (χ3v) is 3.60. The van der Waals surface area contributed by atoms with Gasteiger partial charge in [0.2, 0.25) is 0 Å². The first-order valence-electron chi connectivity index (χ1n) is 5.17. The molecule has 0 unspecified atom stereocenters. The minimum absolute atomic E-state index is 0.189. The van der Waals surface area contributed by atoms with E-state index >= 15 is 0 Å². The normalized spacial score (nSPS) is 17.2. The number of nitrogens with zero attached hydrogens (tertiary/aromatic N) is 3. The molecule has 1 aromatic heterocycles. The lowest BCUT2D eigenvalue weighted by molar-refractivity contribution is 0.485. The highest BCUT2D eigenvalue weighted by molar-refractivity contribution is 9.10. The molecule has 5 heteroatoms. The van der Waals surface area contributed by atoms with Gasteiger partial charge in [0, 0.05) is 19.0 Å². The van der Waals surface area contributed by atoms with Gasteiger partial charge in [0.15, 0.2) is 0 Å². The molecule has 84 valence electrons. The summed E-state index contributed by atoms with van der Waals surface area (Å²) in [6.45, 7) is 1.73. The Bertz CT molecular complexity index is 422. The topological polar surface area (TPSA) is 39.9 Å². The van der Waals surface area contributed by atoms with Crippen molar-refractivity contribution in [2.45, 2.75) is 12.8 Å². The van der Waals surface area contributed by atoms with Crippen molar-refractivity contribution in [3.63, 3.8) is 0 Å². The highest BCUT2D eigenvalue weighted by Crippen LogP contribution is 2.29. The van der Waals surface area contributed by atoms with Gasteiger partial charge in [0.25, 0.3) is 0 Å². The summed E-state index contributed by atoms with van der Waals surface area (Å²) in [6, 6.07) is 5.98. The number of hydrogen-bond acceptors (Lipinski definition) is 3. The summed E-state index contributed by atoms with van der Waals surface area (Å²) in [6.07, 6.45) is 1.80. The fraction of sp³-hybridized carbons (Fsp3) is 0.455. The summed E-state index contributed by atoms with van der Waals surface area (Å²) in [5.74, 6) is 1.07. The smallest absolute Gasteiger partial charge is 0.144 e. The second-order valence-electron chi connectivity index (χ2n) is 3.83. The molecule has 0 aliphatic carbocycles. The van der Waals surface area contributed by atoms with E-state index in [1.807, 2.05) is 6.07 Å². The number of hydrogen-bond donors (Lipinski definition) is 0. The van der Waals surface area contributed by atoms with Crippen LogP contribution in [-0.2, 0) is 0 Å². The van der Waals surface area contributed by atoms with Gasteiger partial charge < -0.3 is 4.90 Å². The molecule has 0 atom stereocenters. The summed E-state index contributed by atoms with van der Waals surface area (Å²) >= 11 is 9.35. The fourth-order valence-corrected chi connectivity index (χ4v) is 2.47. The van der Waals surface area contributed by atoms with Crippen LogP contribution in [0.3, 0.4) is 0 Å². The lowest BCUT2D eigenvalue weighted by atomic mass is 9.99. The molecule has 2 rings (SSSR count). The molecular weight excluding hydrogens is 289 g/mol. The Morgan fingerprint density at radius 1 is 1.44 bits per heavy atom. The van der Waals surface area contributed by atoms with E-state index in [1.54, 1.807) is 6.07 Å². The largest absolute Gasteiger partial charge is 0.356 e. The van der Waals surface area contributed by atoms with Crippen LogP contribution in [0.25, 0.3) is 0 Å². The maximum atomic E-state index is 8.83. The van der Waals surface area contributed by atoms with Crippen molar-refractivity contribution < 1.29 is 0 Å². The molecule has 1 fully saturated rings. The average Bonchev–Trinajstić information content (AvgIpc) is 2.32. The second kappa shape index (κ2) is 5.03. The zero-order chi connectivity index (χ0) is 11.5. The van der Waals surface area contributed by atoms with E-state index in [4.69, 9.17) is 16.9 Å². The van der Waals surface area contributed by atoms with E-state index in [-0.39, 0.29) is 5.92 Å². The molecular formula is C11H11BrClN3. The number of halogens is 2. The van der Waals surface area contributed by atoms with E-state index < -0.39 is 0 Å². The summed E-state index contributed by atoms with van der Waals surface area (Å²) in [7, 11) is 0. The maximum absolute atomic E-state index is 8.83. The van der Waals surface area contributed by atoms with Crippen LogP contribution in [0.15, 0.2) is 16.6 Å². The molecule has 1 aromatic rings. The Morgan fingerprint density at radius 3 is 2.75 bits per heavy atom. The predicted molar refractivity (Wildman–Crippen MR) is 67.5 cm³/mol. The molecule has 0 saturated carbocycles. The number of piperidine rings is 1. The molecule has 1 aliphatic rings. The van der Waals surface area contributed by atoms with E-state index in [0.29, 0.717) is 5.15 Å². The molecule has 0 bridgehead atoms. The molecule has 0 amide bonds. The molecule has 1 aliphatic heterocycles. The summed E-state index contributed by atoms with van der Waals surface area (Å²) < 4.78 is 0.951. The zero-order valence-electron chi connectivity index (χ0n) is 8.66. The molecule has 0 aromatic carbocycles. The van der Waals surface area contributed by atoms with E-state index in [0.717, 1.165) is 36.2 Å². The standard InChI is InChI=1S/C11H11BrClN3/c12-9-1-2-10(13)15-11(9)16-5-3-8(7-14)4-6-16/h1-2,8H,3-6H2. The van der Waals surface area contributed by atoms with Gasteiger partial charge in [-0.2, -0.15) is 5.26 Å². The van der Waals surface area contributed by atoms with Crippen LogP contribution in [0.5, 0.6) is 0 Å². The van der Waals surface area contributed by atoms with Crippen molar-refractivity contribution in [3.05, 3.63) is 21.8 Å². The van der Waals surface area contributed by atoms with Gasteiger partial charge in [-0.05, 0) is 40.9 Å². The number of rotatable bonds is 1. The molecule has 0 radical (unpaired) electrons. The maximum Gasteiger partial charge on any atom is 0.144 e. The van der Waals surface area contributed by atoms with Crippen LogP contribution in [0.4, 0.5) is 5.82 Å². The van der Waals surface area contributed by atoms with Crippen LogP contribution in [0, 0.1) is 17.2 Å². The third kappa shape index (κ3) is 2.47. The van der Waals surface area contributed by atoms with Crippen molar-refractivity contribution in [1.82, 2.24) is 4.98 Å². The summed E-state index contributed by atoms with van der Waals surface area (Å²) in [4.78, 5) is 6.48. The van der Waals surface area contributed by atoms with Crippen molar-refractivity contribution in [2.75, 3.05) is 18.0 Å². The first-order valence-corrected chi connectivity index (χ1v) is 6.34. The number of anilines is 1. The van der Waals surface area contributed by atoms with E-state index in [9.17, 15) is 0 Å². The van der Waals surface area contributed by atoms with Gasteiger partial charge in [0.05, 0.1) is 10.5 Å². The Balaban J connectivity index is 2.14. The average molecular weight is 301 g/mol. The van der Waals surface area contributed by atoms with Crippen molar-refractivity contribution in [1.29, 1.82) is 5.26 Å². The van der Waals surface area contributed by atoms with Gasteiger partial charge in [-0.15, -0.1) is 0 Å². The van der Waals surface area contributed by atoms with Crippen LogP contribution >= 0.6 is 27.5 Å². The van der Waals surface area contributed by atoms with Crippen molar-refractivity contribution >= 4 is 33.3 Å².